The quantitative estimate of drug-likeness (QED) is 0.795. The number of para-hydroxylation sites is 1. The third-order valence-electron chi connectivity index (χ3n) is 2.21. The summed E-state index contributed by atoms with van der Waals surface area (Å²) in [5.74, 6) is -1.31. The molecule has 0 heterocycles. The van der Waals surface area contributed by atoms with Crippen LogP contribution in [0, 0.1) is 5.92 Å². The summed E-state index contributed by atoms with van der Waals surface area (Å²) in [5.41, 5.74) is -0.211. The number of nitrogens with zero attached hydrogens (tertiary/aromatic N) is 1. The second-order valence-corrected chi connectivity index (χ2v) is 5.56. The summed E-state index contributed by atoms with van der Waals surface area (Å²) in [7, 11) is -4.50. The molecule has 0 saturated heterocycles. The first-order valence-electron chi connectivity index (χ1n) is 5.31. The highest BCUT2D eigenvalue weighted by Gasteiger charge is 2.25. The Hall–Kier alpha value is -1.60. The van der Waals surface area contributed by atoms with Gasteiger partial charge in [-0.2, -0.15) is 8.42 Å². The maximum atomic E-state index is 11.3. The first-order chi connectivity index (χ1) is 8.23. The van der Waals surface area contributed by atoms with E-state index in [0.29, 0.717) is 4.31 Å². The molecule has 6 nitrogen and oxygen atoms in total. The number of carbonyl (C=O) groups is 1. The first kappa shape index (κ1) is 14.5. The second kappa shape index (κ2) is 5.36. The normalized spacial score (nSPS) is 11.6. The largest absolute Gasteiger partial charge is 0.478 e. The van der Waals surface area contributed by atoms with Gasteiger partial charge in [-0.25, -0.2) is 9.10 Å². The zero-order chi connectivity index (χ0) is 13.9. The van der Waals surface area contributed by atoms with Gasteiger partial charge >= 0.3 is 16.3 Å². The summed E-state index contributed by atoms with van der Waals surface area (Å²) >= 11 is 0. The van der Waals surface area contributed by atoms with Crippen molar-refractivity contribution in [3.8, 4) is 0 Å². The Balaban J connectivity index is 3.34. The van der Waals surface area contributed by atoms with Crippen LogP contribution in [0.1, 0.15) is 24.2 Å². The molecule has 0 atom stereocenters. The van der Waals surface area contributed by atoms with Crippen molar-refractivity contribution in [3.63, 3.8) is 0 Å². The minimum atomic E-state index is -4.50. The minimum absolute atomic E-state index is 0.00310. The third-order valence-corrected chi connectivity index (χ3v) is 3.12. The predicted molar refractivity (Wildman–Crippen MR) is 67.1 cm³/mol. The number of aromatic carboxylic acids is 1. The van der Waals surface area contributed by atoms with E-state index in [0.717, 1.165) is 0 Å². The zero-order valence-electron chi connectivity index (χ0n) is 10.1. The van der Waals surface area contributed by atoms with Crippen LogP contribution in [0.2, 0.25) is 0 Å². The van der Waals surface area contributed by atoms with Gasteiger partial charge in [0, 0.05) is 6.54 Å². The Kier molecular flexibility index (Phi) is 4.31. The van der Waals surface area contributed by atoms with E-state index in [1.54, 1.807) is 13.8 Å². The van der Waals surface area contributed by atoms with E-state index in [9.17, 15) is 17.8 Å². The number of rotatable bonds is 5. The molecule has 0 aliphatic rings. The van der Waals surface area contributed by atoms with Gasteiger partial charge in [-0.1, -0.05) is 26.0 Å². The van der Waals surface area contributed by atoms with Crippen molar-refractivity contribution in [2.45, 2.75) is 13.8 Å². The number of benzene rings is 1. The van der Waals surface area contributed by atoms with Gasteiger partial charge in [0.15, 0.2) is 0 Å². The molecule has 0 radical (unpaired) electrons. The maximum Gasteiger partial charge on any atom is 0.360 e. The van der Waals surface area contributed by atoms with Crippen molar-refractivity contribution in [2.75, 3.05) is 10.8 Å². The number of hydrogen-bond acceptors (Lipinski definition) is 3. The van der Waals surface area contributed by atoms with Gasteiger partial charge in [0.05, 0.1) is 11.3 Å². The van der Waals surface area contributed by atoms with Crippen LogP contribution in [0.25, 0.3) is 0 Å². The zero-order valence-corrected chi connectivity index (χ0v) is 10.9. The van der Waals surface area contributed by atoms with Crippen LogP contribution in [0.5, 0.6) is 0 Å². The Morgan fingerprint density at radius 2 is 1.89 bits per heavy atom. The molecule has 0 aromatic heterocycles. The highest BCUT2D eigenvalue weighted by atomic mass is 32.2. The van der Waals surface area contributed by atoms with Crippen LogP contribution in [-0.2, 0) is 10.3 Å². The van der Waals surface area contributed by atoms with Gasteiger partial charge in [0.2, 0.25) is 0 Å². The van der Waals surface area contributed by atoms with Crippen molar-refractivity contribution in [1.29, 1.82) is 0 Å². The fourth-order valence-electron chi connectivity index (χ4n) is 1.52. The van der Waals surface area contributed by atoms with Gasteiger partial charge in [-0.05, 0) is 18.1 Å². The molecule has 18 heavy (non-hydrogen) atoms. The lowest BCUT2D eigenvalue weighted by molar-refractivity contribution is 0.0697. The van der Waals surface area contributed by atoms with Crippen LogP contribution in [0.15, 0.2) is 24.3 Å². The number of carboxylic acid groups (broad SMARTS) is 1. The maximum absolute atomic E-state index is 11.3. The molecule has 100 valence electrons. The minimum Gasteiger partial charge on any atom is -0.478 e. The molecule has 0 unspecified atom stereocenters. The molecular weight excluding hydrogens is 258 g/mol. The molecular formula is C11H15NO5S. The fourth-order valence-corrected chi connectivity index (χ4v) is 2.41. The average molecular weight is 273 g/mol. The highest BCUT2D eigenvalue weighted by Crippen LogP contribution is 2.23. The molecule has 0 spiro atoms. The number of hydrogen-bond donors (Lipinski definition) is 2. The molecule has 1 aromatic rings. The van der Waals surface area contributed by atoms with Crippen molar-refractivity contribution < 1.29 is 22.9 Å². The fraction of sp³-hybridized carbons (Fsp3) is 0.364. The summed E-state index contributed by atoms with van der Waals surface area (Å²) in [6.07, 6.45) is 0. The highest BCUT2D eigenvalue weighted by molar-refractivity contribution is 7.87. The Labute approximate surface area is 106 Å². The van der Waals surface area contributed by atoms with Crippen molar-refractivity contribution in [1.82, 2.24) is 0 Å². The summed E-state index contributed by atoms with van der Waals surface area (Å²) in [5, 5.41) is 9.01. The van der Waals surface area contributed by atoms with E-state index < -0.39 is 16.3 Å². The first-order valence-corrected chi connectivity index (χ1v) is 6.70. The molecule has 0 amide bonds. The SMILES string of the molecule is CC(C)CN(c1ccccc1C(=O)O)S(=O)(=O)O. The average Bonchev–Trinajstić information content (AvgIpc) is 2.24. The van der Waals surface area contributed by atoms with Crippen LogP contribution >= 0.6 is 0 Å². The summed E-state index contributed by atoms with van der Waals surface area (Å²) < 4.78 is 32.5. The lowest BCUT2D eigenvalue weighted by Crippen LogP contribution is -2.34. The molecule has 0 bridgehead atoms. The third kappa shape index (κ3) is 3.44. The molecule has 2 N–H and O–H groups in total. The molecule has 1 aromatic carbocycles. The lowest BCUT2D eigenvalue weighted by Gasteiger charge is -2.24. The van der Waals surface area contributed by atoms with E-state index >= 15 is 0 Å². The molecule has 7 heteroatoms. The molecule has 0 saturated carbocycles. The van der Waals surface area contributed by atoms with Gasteiger partial charge in [0.25, 0.3) is 0 Å². The van der Waals surface area contributed by atoms with Gasteiger partial charge in [-0.3, -0.25) is 4.55 Å². The van der Waals surface area contributed by atoms with E-state index in [2.05, 4.69) is 0 Å². The monoisotopic (exact) mass is 273 g/mol. The smallest absolute Gasteiger partial charge is 0.360 e. The van der Waals surface area contributed by atoms with Crippen molar-refractivity contribution in [3.05, 3.63) is 29.8 Å². The van der Waals surface area contributed by atoms with E-state index in [1.165, 1.54) is 24.3 Å². The van der Waals surface area contributed by atoms with Crippen LogP contribution in [-0.4, -0.2) is 30.6 Å². The van der Waals surface area contributed by atoms with E-state index in [-0.39, 0.29) is 23.7 Å². The molecule has 0 aliphatic carbocycles. The molecule has 1 rings (SSSR count). The van der Waals surface area contributed by atoms with Crippen LogP contribution in [0.4, 0.5) is 5.69 Å². The Morgan fingerprint density at radius 1 is 1.33 bits per heavy atom. The molecule has 0 aliphatic heterocycles. The number of anilines is 1. The molecule has 0 fully saturated rings. The Bertz CT molecular complexity index is 538. The standard InChI is InChI=1S/C11H15NO5S/c1-8(2)7-12(18(15,16)17)10-6-4-3-5-9(10)11(13)14/h3-6,8H,7H2,1-2H3,(H,13,14)(H,15,16,17). The topological polar surface area (TPSA) is 94.9 Å². The summed E-state index contributed by atoms with van der Waals surface area (Å²) in [4.78, 5) is 11.0. The van der Waals surface area contributed by atoms with E-state index in [1.807, 2.05) is 0 Å². The predicted octanol–water partition coefficient (Wildman–Crippen LogP) is 1.65. The van der Waals surface area contributed by atoms with Crippen LogP contribution < -0.4 is 4.31 Å². The van der Waals surface area contributed by atoms with Crippen LogP contribution in [0.3, 0.4) is 0 Å². The summed E-state index contributed by atoms with van der Waals surface area (Å²) in [6.45, 7) is 3.53. The number of carboxylic acids is 1. The van der Waals surface area contributed by atoms with Crippen molar-refractivity contribution in [2.24, 2.45) is 5.92 Å². The van der Waals surface area contributed by atoms with Gasteiger partial charge in [0.1, 0.15) is 0 Å². The lowest BCUT2D eigenvalue weighted by atomic mass is 10.1. The van der Waals surface area contributed by atoms with Crippen molar-refractivity contribution >= 4 is 22.0 Å². The van der Waals surface area contributed by atoms with E-state index in [4.69, 9.17) is 5.11 Å². The van der Waals surface area contributed by atoms with Gasteiger partial charge in [-0.15, -0.1) is 0 Å². The summed E-state index contributed by atoms with van der Waals surface area (Å²) in [6, 6.07) is 5.64. The Morgan fingerprint density at radius 3 is 2.33 bits per heavy atom. The second-order valence-electron chi connectivity index (χ2n) is 4.23. The van der Waals surface area contributed by atoms with Gasteiger partial charge < -0.3 is 5.11 Å².